The van der Waals surface area contributed by atoms with Crippen LogP contribution in [0.15, 0.2) is 48.7 Å². The average molecular weight is 266 g/mol. The molecule has 0 saturated heterocycles. The number of pyridine rings is 1. The van der Waals surface area contributed by atoms with Crippen LogP contribution in [0.5, 0.6) is 0 Å². The summed E-state index contributed by atoms with van der Waals surface area (Å²) >= 11 is 0. The van der Waals surface area contributed by atoms with Gasteiger partial charge in [0.05, 0.1) is 11.3 Å². The monoisotopic (exact) mass is 266 g/mol. The molecule has 0 bridgehead atoms. The molecule has 100 valence electrons. The molecule has 0 atom stereocenters. The van der Waals surface area contributed by atoms with E-state index in [0.29, 0.717) is 6.54 Å². The molecule has 19 heavy (non-hydrogen) atoms. The molecule has 1 N–H and O–H groups in total. The van der Waals surface area contributed by atoms with Gasteiger partial charge in [-0.05, 0) is 17.7 Å². The van der Waals surface area contributed by atoms with E-state index in [9.17, 15) is 13.2 Å². The largest absolute Gasteiger partial charge is 0.418 e. The Labute approximate surface area is 109 Å². The summed E-state index contributed by atoms with van der Waals surface area (Å²) in [6.07, 6.45) is -2.99. The molecule has 2 rings (SSSR count). The van der Waals surface area contributed by atoms with Crippen LogP contribution in [0.2, 0.25) is 0 Å². The molecular formula is C14H13F3N2. The molecule has 1 heterocycles. The number of hydrogen-bond acceptors (Lipinski definition) is 2. The zero-order valence-electron chi connectivity index (χ0n) is 10.1. The number of benzene rings is 1. The van der Waals surface area contributed by atoms with Crippen LogP contribution in [0.1, 0.15) is 16.8 Å². The van der Waals surface area contributed by atoms with Crippen LogP contribution >= 0.6 is 0 Å². The maximum absolute atomic E-state index is 12.7. The molecule has 0 radical (unpaired) electrons. The SMILES string of the molecule is FC(F)(F)c1cccnc1CNCc1ccccc1. The molecule has 0 spiro atoms. The number of nitrogens with zero attached hydrogens (tertiary/aromatic N) is 1. The second-order valence-electron chi connectivity index (χ2n) is 4.08. The first-order chi connectivity index (χ1) is 9.07. The Hall–Kier alpha value is -1.88. The number of alkyl halides is 3. The first kappa shape index (κ1) is 13.5. The van der Waals surface area contributed by atoms with Crippen LogP contribution in [0, 0.1) is 0 Å². The van der Waals surface area contributed by atoms with E-state index in [1.807, 2.05) is 30.3 Å². The minimum atomic E-state index is -4.36. The second kappa shape index (κ2) is 5.84. The Bertz CT molecular complexity index is 524. The molecule has 2 aromatic rings. The summed E-state index contributed by atoms with van der Waals surface area (Å²) in [6, 6.07) is 11.8. The van der Waals surface area contributed by atoms with Gasteiger partial charge in [-0.25, -0.2) is 0 Å². The fraction of sp³-hybridized carbons (Fsp3) is 0.214. The molecule has 0 fully saturated rings. The van der Waals surface area contributed by atoms with Crippen molar-refractivity contribution in [3.8, 4) is 0 Å². The van der Waals surface area contributed by atoms with Crippen molar-refractivity contribution in [2.75, 3.05) is 0 Å². The fourth-order valence-electron chi connectivity index (χ4n) is 1.76. The van der Waals surface area contributed by atoms with Crippen LogP contribution in [-0.4, -0.2) is 4.98 Å². The van der Waals surface area contributed by atoms with E-state index in [4.69, 9.17) is 0 Å². The lowest BCUT2D eigenvalue weighted by Gasteiger charge is -2.12. The number of hydrogen-bond donors (Lipinski definition) is 1. The number of rotatable bonds is 4. The summed E-state index contributed by atoms with van der Waals surface area (Å²) in [5.74, 6) is 0. The van der Waals surface area contributed by atoms with Crippen molar-refractivity contribution in [1.82, 2.24) is 10.3 Å². The third kappa shape index (κ3) is 3.79. The summed E-state index contributed by atoms with van der Waals surface area (Å²) in [5.41, 5.74) is 0.355. The van der Waals surface area contributed by atoms with Crippen LogP contribution in [0.25, 0.3) is 0 Å². The predicted molar refractivity (Wildman–Crippen MR) is 66.2 cm³/mol. The number of aromatic nitrogens is 1. The molecule has 1 aromatic heterocycles. The van der Waals surface area contributed by atoms with E-state index in [1.165, 1.54) is 12.3 Å². The molecule has 0 saturated carbocycles. The zero-order chi connectivity index (χ0) is 13.7. The zero-order valence-corrected chi connectivity index (χ0v) is 10.1. The Morgan fingerprint density at radius 3 is 2.37 bits per heavy atom. The standard InChI is InChI=1S/C14H13F3N2/c15-14(16,17)12-7-4-8-19-13(12)10-18-9-11-5-2-1-3-6-11/h1-8,18H,9-10H2. The van der Waals surface area contributed by atoms with E-state index in [1.54, 1.807) is 0 Å². The molecule has 2 nitrogen and oxygen atoms in total. The smallest absolute Gasteiger partial charge is 0.307 e. The minimum Gasteiger partial charge on any atom is -0.307 e. The van der Waals surface area contributed by atoms with Gasteiger partial charge in [0.1, 0.15) is 0 Å². The van der Waals surface area contributed by atoms with Gasteiger partial charge in [-0.2, -0.15) is 13.2 Å². The third-order valence-electron chi connectivity index (χ3n) is 2.66. The van der Waals surface area contributed by atoms with E-state index < -0.39 is 11.7 Å². The van der Waals surface area contributed by atoms with Gasteiger partial charge in [-0.3, -0.25) is 4.98 Å². The molecule has 0 unspecified atom stereocenters. The Morgan fingerprint density at radius 2 is 1.68 bits per heavy atom. The lowest BCUT2D eigenvalue weighted by Crippen LogP contribution is -2.18. The van der Waals surface area contributed by atoms with Crippen molar-refractivity contribution in [2.24, 2.45) is 0 Å². The molecule has 1 aromatic carbocycles. The van der Waals surface area contributed by atoms with Crippen LogP contribution in [0.3, 0.4) is 0 Å². The van der Waals surface area contributed by atoms with E-state index >= 15 is 0 Å². The molecule has 0 aliphatic rings. The van der Waals surface area contributed by atoms with E-state index in [2.05, 4.69) is 10.3 Å². The summed E-state index contributed by atoms with van der Waals surface area (Å²) in [5, 5.41) is 2.97. The quantitative estimate of drug-likeness (QED) is 0.917. The topological polar surface area (TPSA) is 24.9 Å². The highest BCUT2D eigenvalue weighted by molar-refractivity contribution is 5.23. The molecule has 0 aliphatic carbocycles. The van der Waals surface area contributed by atoms with Gasteiger partial charge in [0.15, 0.2) is 0 Å². The van der Waals surface area contributed by atoms with Gasteiger partial charge in [-0.15, -0.1) is 0 Å². The van der Waals surface area contributed by atoms with Crippen LogP contribution in [-0.2, 0) is 19.3 Å². The average Bonchev–Trinajstić information content (AvgIpc) is 2.39. The van der Waals surface area contributed by atoms with Crippen molar-refractivity contribution < 1.29 is 13.2 Å². The second-order valence-corrected chi connectivity index (χ2v) is 4.08. The van der Waals surface area contributed by atoms with Gasteiger partial charge in [0.25, 0.3) is 0 Å². The lowest BCUT2D eigenvalue weighted by atomic mass is 10.1. The van der Waals surface area contributed by atoms with E-state index in [0.717, 1.165) is 11.6 Å². The Balaban J connectivity index is 2.00. The lowest BCUT2D eigenvalue weighted by molar-refractivity contribution is -0.138. The molecule has 0 amide bonds. The van der Waals surface area contributed by atoms with Crippen molar-refractivity contribution in [2.45, 2.75) is 19.3 Å². The van der Waals surface area contributed by atoms with Gasteiger partial charge in [0.2, 0.25) is 0 Å². The minimum absolute atomic E-state index is 0.0194. The summed E-state index contributed by atoms with van der Waals surface area (Å²) in [6.45, 7) is 0.597. The van der Waals surface area contributed by atoms with Gasteiger partial charge < -0.3 is 5.32 Å². The van der Waals surface area contributed by atoms with Crippen molar-refractivity contribution in [3.63, 3.8) is 0 Å². The first-order valence-electron chi connectivity index (χ1n) is 5.83. The first-order valence-corrected chi connectivity index (χ1v) is 5.83. The van der Waals surface area contributed by atoms with Crippen molar-refractivity contribution >= 4 is 0 Å². The van der Waals surface area contributed by atoms with Gasteiger partial charge in [0, 0.05) is 19.3 Å². The normalized spacial score (nSPS) is 11.5. The van der Waals surface area contributed by atoms with Crippen molar-refractivity contribution in [1.29, 1.82) is 0 Å². The van der Waals surface area contributed by atoms with Gasteiger partial charge in [-0.1, -0.05) is 30.3 Å². The molecule has 5 heteroatoms. The summed E-state index contributed by atoms with van der Waals surface area (Å²) < 4.78 is 38.2. The fourth-order valence-corrected chi connectivity index (χ4v) is 1.76. The number of nitrogens with one attached hydrogen (secondary N) is 1. The van der Waals surface area contributed by atoms with Crippen molar-refractivity contribution in [3.05, 3.63) is 65.5 Å². The molecule has 0 aliphatic heterocycles. The number of halogens is 3. The Kier molecular flexibility index (Phi) is 4.16. The van der Waals surface area contributed by atoms with Crippen LogP contribution in [0.4, 0.5) is 13.2 Å². The highest BCUT2D eigenvalue weighted by atomic mass is 19.4. The maximum Gasteiger partial charge on any atom is 0.418 e. The van der Waals surface area contributed by atoms with Crippen LogP contribution < -0.4 is 5.32 Å². The predicted octanol–water partition coefficient (Wildman–Crippen LogP) is 3.39. The summed E-state index contributed by atoms with van der Waals surface area (Å²) in [4.78, 5) is 3.79. The summed E-state index contributed by atoms with van der Waals surface area (Å²) in [7, 11) is 0. The van der Waals surface area contributed by atoms with Gasteiger partial charge >= 0.3 is 6.18 Å². The highest BCUT2D eigenvalue weighted by Gasteiger charge is 2.33. The third-order valence-corrected chi connectivity index (χ3v) is 2.66. The highest BCUT2D eigenvalue weighted by Crippen LogP contribution is 2.30. The Morgan fingerprint density at radius 1 is 0.947 bits per heavy atom. The maximum atomic E-state index is 12.7. The molecular weight excluding hydrogens is 253 g/mol. The van der Waals surface area contributed by atoms with E-state index in [-0.39, 0.29) is 12.2 Å².